The van der Waals surface area contributed by atoms with Gasteiger partial charge in [0.1, 0.15) is 6.61 Å². The predicted octanol–water partition coefficient (Wildman–Crippen LogP) is 3.77. The van der Waals surface area contributed by atoms with E-state index in [1.165, 1.54) is 12.5 Å². The topological polar surface area (TPSA) is 48.0 Å². The van der Waals surface area contributed by atoms with Crippen LogP contribution in [0.5, 0.6) is 11.5 Å². The van der Waals surface area contributed by atoms with Crippen LogP contribution in [-0.4, -0.2) is 26.7 Å². The fourth-order valence-corrected chi connectivity index (χ4v) is 3.34. The summed E-state index contributed by atoms with van der Waals surface area (Å²) in [6.07, 6.45) is 0. The number of nitrogens with zero attached hydrogens (tertiary/aromatic N) is 1. The molecular weight excluding hydrogens is 318 g/mol. The zero-order chi connectivity index (χ0) is 18.0. The van der Waals surface area contributed by atoms with Crippen molar-refractivity contribution in [3.8, 4) is 22.6 Å². The molecule has 2 aromatic carbocycles. The maximum Gasteiger partial charge on any atom is 0.302 e. The van der Waals surface area contributed by atoms with E-state index < -0.39 is 0 Å². The molecule has 0 spiro atoms. The van der Waals surface area contributed by atoms with Crippen molar-refractivity contribution in [1.29, 1.82) is 0 Å². The van der Waals surface area contributed by atoms with Gasteiger partial charge in [0.15, 0.2) is 11.5 Å². The average Bonchev–Trinajstić information content (AvgIpc) is 2.64. The molecular formula is C20H23NO4. The highest BCUT2D eigenvalue weighted by atomic mass is 16.5. The SMILES string of the molecule is CCN1Cc2cc(OC)c(OC)cc2-c2cccc(COC(C)=O)c21. The van der Waals surface area contributed by atoms with Gasteiger partial charge in [-0.2, -0.15) is 0 Å². The number of anilines is 1. The summed E-state index contributed by atoms with van der Waals surface area (Å²) in [4.78, 5) is 13.5. The maximum atomic E-state index is 11.2. The van der Waals surface area contributed by atoms with Crippen molar-refractivity contribution in [1.82, 2.24) is 0 Å². The van der Waals surface area contributed by atoms with Crippen LogP contribution in [0.25, 0.3) is 11.1 Å². The Hall–Kier alpha value is -2.69. The quantitative estimate of drug-likeness (QED) is 0.775. The van der Waals surface area contributed by atoms with Gasteiger partial charge < -0.3 is 19.1 Å². The third-order valence-electron chi connectivity index (χ3n) is 4.51. The number of fused-ring (bicyclic) bond motifs is 3. The molecule has 0 bridgehead atoms. The lowest BCUT2D eigenvalue weighted by atomic mass is 9.90. The molecule has 0 saturated heterocycles. The lowest BCUT2D eigenvalue weighted by Crippen LogP contribution is -2.27. The van der Waals surface area contributed by atoms with Gasteiger partial charge in [-0.1, -0.05) is 18.2 Å². The van der Waals surface area contributed by atoms with E-state index in [2.05, 4.69) is 17.9 Å². The molecule has 5 heteroatoms. The van der Waals surface area contributed by atoms with E-state index in [-0.39, 0.29) is 12.6 Å². The lowest BCUT2D eigenvalue weighted by molar-refractivity contribution is -0.142. The van der Waals surface area contributed by atoms with Crippen molar-refractivity contribution < 1.29 is 19.0 Å². The van der Waals surface area contributed by atoms with Crippen LogP contribution < -0.4 is 14.4 Å². The van der Waals surface area contributed by atoms with Crippen LogP contribution in [0.3, 0.4) is 0 Å². The fraction of sp³-hybridized carbons (Fsp3) is 0.350. The van der Waals surface area contributed by atoms with Gasteiger partial charge in [-0.05, 0) is 30.2 Å². The first-order valence-electron chi connectivity index (χ1n) is 8.34. The highest BCUT2D eigenvalue weighted by Crippen LogP contribution is 2.45. The summed E-state index contributed by atoms with van der Waals surface area (Å²) >= 11 is 0. The average molecular weight is 341 g/mol. The van der Waals surface area contributed by atoms with Crippen molar-refractivity contribution in [3.05, 3.63) is 41.5 Å². The minimum atomic E-state index is -0.275. The summed E-state index contributed by atoms with van der Waals surface area (Å²) in [6.45, 7) is 5.46. The largest absolute Gasteiger partial charge is 0.493 e. The second kappa shape index (κ2) is 7.05. The number of ether oxygens (including phenoxy) is 3. The van der Waals surface area contributed by atoms with Crippen LogP contribution in [0.15, 0.2) is 30.3 Å². The Morgan fingerprint density at radius 2 is 1.84 bits per heavy atom. The number of hydrogen-bond acceptors (Lipinski definition) is 5. The smallest absolute Gasteiger partial charge is 0.302 e. The molecule has 0 aliphatic carbocycles. The summed E-state index contributed by atoms with van der Waals surface area (Å²) in [5, 5.41) is 0. The number of esters is 1. The molecule has 1 aliphatic rings. The Bertz CT molecular complexity index is 801. The van der Waals surface area contributed by atoms with Crippen molar-refractivity contribution in [2.75, 3.05) is 25.7 Å². The molecule has 0 N–H and O–H groups in total. The Balaban J connectivity index is 2.15. The highest BCUT2D eigenvalue weighted by Gasteiger charge is 2.25. The second-order valence-electron chi connectivity index (χ2n) is 5.97. The minimum Gasteiger partial charge on any atom is -0.493 e. The Morgan fingerprint density at radius 1 is 1.12 bits per heavy atom. The van der Waals surface area contributed by atoms with Gasteiger partial charge in [0.25, 0.3) is 0 Å². The molecule has 1 heterocycles. The molecule has 5 nitrogen and oxygen atoms in total. The Kier molecular flexibility index (Phi) is 4.83. The van der Waals surface area contributed by atoms with Crippen molar-refractivity contribution in [2.45, 2.75) is 27.0 Å². The van der Waals surface area contributed by atoms with Gasteiger partial charge in [-0.15, -0.1) is 0 Å². The van der Waals surface area contributed by atoms with Gasteiger partial charge in [0.05, 0.1) is 19.9 Å². The number of benzene rings is 2. The minimum absolute atomic E-state index is 0.275. The first-order chi connectivity index (χ1) is 12.1. The van der Waals surface area contributed by atoms with E-state index in [1.54, 1.807) is 14.2 Å². The molecule has 1 aliphatic heterocycles. The molecule has 0 aromatic heterocycles. The first kappa shape index (κ1) is 17.1. The van der Waals surface area contributed by atoms with Crippen molar-refractivity contribution >= 4 is 11.7 Å². The standard InChI is InChI=1S/C20H23NO4/c1-5-21-11-15-9-18(23-3)19(24-4)10-17(15)16-8-6-7-14(20(16)21)12-25-13(2)22/h6-10H,5,11-12H2,1-4H3. The van der Waals surface area contributed by atoms with E-state index in [0.29, 0.717) is 5.75 Å². The molecule has 0 amide bonds. The van der Waals surface area contributed by atoms with E-state index in [9.17, 15) is 4.79 Å². The normalized spacial score (nSPS) is 12.2. The monoisotopic (exact) mass is 341 g/mol. The van der Waals surface area contributed by atoms with E-state index >= 15 is 0 Å². The van der Waals surface area contributed by atoms with Crippen LogP contribution >= 0.6 is 0 Å². The summed E-state index contributed by atoms with van der Waals surface area (Å²) in [7, 11) is 3.29. The van der Waals surface area contributed by atoms with Crippen molar-refractivity contribution in [2.24, 2.45) is 0 Å². The number of carbonyl (C=O) groups is 1. The summed E-state index contributed by atoms with van der Waals surface area (Å²) in [5.74, 6) is 1.17. The van der Waals surface area contributed by atoms with Gasteiger partial charge in [0.2, 0.25) is 0 Å². The number of hydrogen-bond donors (Lipinski definition) is 0. The first-order valence-corrected chi connectivity index (χ1v) is 8.34. The summed E-state index contributed by atoms with van der Waals surface area (Å²) in [5.41, 5.74) is 5.56. The summed E-state index contributed by atoms with van der Waals surface area (Å²) in [6, 6.07) is 10.2. The van der Waals surface area contributed by atoms with Crippen LogP contribution in [0, 0.1) is 0 Å². The lowest BCUT2D eigenvalue weighted by Gasteiger charge is -2.34. The van der Waals surface area contributed by atoms with Crippen LogP contribution in [0.2, 0.25) is 0 Å². The third-order valence-corrected chi connectivity index (χ3v) is 4.51. The highest BCUT2D eigenvalue weighted by molar-refractivity contribution is 5.87. The number of carbonyl (C=O) groups excluding carboxylic acids is 1. The zero-order valence-electron chi connectivity index (χ0n) is 15.1. The number of rotatable bonds is 5. The predicted molar refractivity (Wildman–Crippen MR) is 97.2 cm³/mol. The molecule has 0 radical (unpaired) electrons. The third kappa shape index (κ3) is 3.14. The number of methoxy groups -OCH3 is 2. The molecule has 132 valence electrons. The van der Waals surface area contributed by atoms with E-state index in [1.807, 2.05) is 24.3 Å². The molecule has 0 fully saturated rings. The molecule has 0 unspecified atom stereocenters. The van der Waals surface area contributed by atoms with Crippen LogP contribution in [0.1, 0.15) is 25.0 Å². The van der Waals surface area contributed by atoms with E-state index in [0.717, 1.165) is 41.2 Å². The maximum absolute atomic E-state index is 11.2. The molecule has 0 atom stereocenters. The number of para-hydroxylation sites is 1. The zero-order valence-corrected chi connectivity index (χ0v) is 15.1. The molecule has 25 heavy (non-hydrogen) atoms. The van der Waals surface area contributed by atoms with Gasteiger partial charge in [-0.25, -0.2) is 0 Å². The molecule has 2 aromatic rings. The second-order valence-corrected chi connectivity index (χ2v) is 5.97. The van der Waals surface area contributed by atoms with Gasteiger partial charge in [0, 0.05) is 31.1 Å². The Morgan fingerprint density at radius 3 is 2.48 bits per heavy atom. The molecule has 3 rings (SSSR count). The van der Waals surface area contributed by atoms with Crippen LogP contribution in [-0.2, 0) is 22.7 Å². The Labute approximate surface area is 148 Å². The summed E-state index contributed by atoms with van der Waals surface area (Å²) < 4.78 is 16.2. The van der Waals surface area contributed by atoms with Gasteiger partial charge in [-0.3, -0.25) is 4.79 Å². The van der Waals surface area contributed by atoms with Crippen LogP contribution in [0.4, 0.5) is 5.69 Å². The van der Waals surface area contributed by atoms with Gasteiger partial charge >= 0.3 is 5.97 Å². The van der Waals surface area contributed by atoms with E-state index in [4.69, 9.17) is 14.2 Å². The fourth-order valence-electron chi connectivity index (χ4n) is 3.34. The molecule has 0 saturated carbocycles. The van der Waals surface area contributed by atoms with Crippen molar-refractivity contribution in [3.63, 3.8) is 0 Å².